The van der Waals surface area contributed by atoms with Gasteiger partial charge in [-0.15, -0.1) is 24.0 Å². The topological polar surface area (TPSA) is 72.9 Å². The number of benzene rings is 1. The number of aromatic nitrogens is 1. The fraction of sp³-hybridized carbons (Fsp3) is 0.480. The maximum Gasteiger partial charge on any atom is 0.224 e. The van der Waals surface area contributed by atoms with Crippen molar-refractivity contribution in [1.82, 2.24) is 20.5 Å². The number of carbonyl (C=O) groups excluding carboxylic acids is 1. The Kier molecular flexibility index (Phi) is 11.4. The number of nitrogens with one attached hydrogen (secondary N) is 2. The molecular weight excluding hydrogens is 527 g/mol. The number of aliphatic imine (C=N–C) groups is 1. The van der Waals surface area contributed by atoms with Gasteiger partial charge in [0.25, 0.3) is 0 Å². The standard InChI is InChI=1S/C25H36N6O.HI/c1-4-26-25(29-19-21(3)22-9-7-8-20(2)18-22)28-13-11-24(32)31-16-14-30(15-17-31)23-10-5-6-12-27-23;/h5-10,12,18,21H,4,11,13-17,19H2,1-3H3,(H2,26,28,29);1H. The molecule has 1 atom stereocenters. The summed E-state index contributed by atoms with van der Waals surface area (Å²) < 4.78 is 0. The number of hydrogen-bond donors (Lipinski definition) is 2. The van der Waals surface area contributed by atoms with Gasteiger partial charge in [0.05, 0.1) is 0 Å². The summed E-state index contributed by atoms with van der Waals surface area (Å²) in [5.41, 5.74) is 2.56. The molecule has 2 N–H and O–H groups in total. The predicted octanol–water partition coefficient (Wildman–Crippen LogP) is 3.41. The molecule has 1 fully saturated rings. The van der Waals surface area contributed by atoms with Gasteiger partial charge in [-0.25, -0.2) is 4.98 Å². The zero-order valence-corrected chi connectivity index (χ0v) is 22.3. The average molecular weight is 565 g/mol. The van der Waals surface area contributed by atoms with E-state index in [2.05, 4.69) is 58.6 Å². The van der Waals surface area contributed by atoms with Gasteiger partial charge in [-0.2, -0.15) is 0 Å². The van der Waals surface area contributed by atoms with Crippen LogP contribution in [0.5, 0.6) is 0 Å². The minimum atomic E-state index is 0. The number of aryl methyl sites for hydroxylation is 1. The highest BCUT2D eigenvalue weighted by molar-refractivity contribution is 14.0. The summed E-state index contributed by atoms with van der Waals surface area (Å²) in [6, 6.07) is 14.5. The highest BCUT2D eigenvalue weighted by atomic mass is 127. The summed E-state index contributed by atoms with van der Waals surface area (Å²) in [5, 5.41) is 6.59. The first kappa shape index (κ1) is 26.9. The molecule has 1 amide bonds. The monoisotopic (exact) mass is 564 g/mol. The van der Waals surface area contributed by atoms with Crippen LogP contribution in [0.15, 0.2) is 53.7 Å². The van der Waals surface area contributed by atoms with Gasteiger partial charge in [0.2, 0.25) is 5.91 Å². The average Bonchev–Trinajstić information content (AvgIpc) is 2.83. The molecule has 33 heavy (non-hydrogen) atoms. The number of carbonyl (C=O) groups is 1. The summed E-state index contributed by atoms with van der Waals surface area (Å²) in [6.07, 6.45) is 2.27. The highest BCUT2D eigenvalue weighted by Crippen LogP contribution is 2.16. The number of hydrogen-bond acceptors (Lipinski definition) is 4. The lowest BCUT2D eigenvalue weighted by Crippen LogP contribution is -2.49. The van der Waals surface area contributed by atoms with Crippen LogP contribution in [0.3, 0.4) is 0 Å². The lowest BCUT2D eigenvalue weighted by molar-refractivity contribution is -0.131. The number of pyridine rings is 1. The first-order chi connectivity index (χ1) is 15.6. The second kappa shape index (κ2) is 14.0. The van der Waals surface area contributed by atoms with Crippen molar-refractivity contribution in [3.8, 4) is 0 Å². The Morgan fingerprint density at radius 2 is 1.91 bits per heavy atom. The van der Waals surface area contributed by atoms with Gasteiger partial charge in [0.1, 0.15) is 5.82 Å². The summed E-state index contributed by atoms with van der Waals surface area (Å²) in [6.45, 7) is 11.5. The fourth-order valence-electron chi connectivity index (χ4n) is 3.82. The molecule has 3 rings (SSSR count). The van der Waals surface area contributed by atoms with E-state index in [0.29, 0.717) is 25.4 Å². The van der Waals surface area contributed by atoms with Crippen LogP contribution in [-0.4, -0.2) is 67.6 Å². The Bertz CT molecular complexity index is 883. The van der Waals surface area contributed by atoms with E-state index in [1.165, 1.54) is 11.1 Å². The number of rotatable bonds is 8. The van der Waals surface area contributed by atoms with Gasteiger partial charge in [0, 0.05) is 64.3 Å². The summed E-state index contributed by atoms with van der Waals surface area (Å²) >= 11 is 0. The van der Waals surface area contributed by atoms with Crippen LogP contribution in [0, 0.1) is 6.92 Å². The van der Waals surface area contributed by atoms with Crippen molar-refractivity contribution in [2.24, 2.45) is 4.99 Å². The van der Waals surface area contributed by atoms with Crippen molar-refractivity contribution in [3.05, 3.63) is 59.8 Å². The first-order valence-corrected chi connectivity index (χ1v) is 11.6. The van der Waals surface area contributed by atoms with Gasteiger partial charge in [0.15, 0.2) is 5.96 Å². The molecule has 1 aromatic heterocycles. The summed E-state index contributed by atoms with van der Waals surface area (Å²) in [5.74, 6) is 2.26. The van der Waals surface area contributed by atoms with Gasteiger partial charge in [-0.05, 0) is 31.5 Å². The predicted molar refractivity (Wildman–Crippen MR) is 147 cm³/mol. The smallest absolute Gasteiger partial charge is 0.224 e. The Balaban J connectivity index is 0.00000385. The van der Waals surface area contributed by atoms with E-state index < -0.39 is 0 Å². The third-order valence-corrected chi connectivity index (χ3v) is 5.72. The van der Waals surface area contributed by atoms with Gasteiger partial charge >= 0.3 is 0 Å². The lowest BCUT2D eigenvalue weighted by Gasteiger charge is -2.35. The summed E-state index contributed by atoms with van der Waals surface area (Å²) in [4.78, 5) is 26.0. The Morgan fingerprint density at radius 1 is 1.12 bits per heavy atom. The van der Waals surface area contributed by atoms with Crippen molar-refractivity contribution in [3.63, 3.8) is 0 Å². The van der Waals surface area contributed by atoms with Crippen LogP contribution in [0.25, 0.3) is 0 Å². The zero-order chi connectivity index (χ0) is 22.8. The second-order valence-electron chi connectivity index (χ2n) is 8.27. The Morgan fingerprint density at radius 3 is 2.58 bits per heavy atom. The minimum Gasteiger partial charge on any atom is -0.357 e. The zero-order valence-electron chi connectivity index (χ0n) is 20.0. The maximum absolute atomic E-state index is 12.7. The molecule has 8 heteroatoms. The molecular formula is C25H37IN6O. The molecule has 0 saturated carbocycles. The van der Waals surface area contributed by atoms with E-state index >= 15 is 0 Å². The molecule has 2 aromatic rings. The molecule has 0 spiro atoms. The molecule has 0 aliphatic carbocycles. The van der Waals surface area contributed by atoms with Crippen LogP contribution in [-0.2, 0) is 4.79 Å². The lowest BCUT2D eigenvalue weighted by atomic mass is 10.00. The quantitative estimate of drug-likeness (QED) is 0.292. The number of anilines is 1. The SMILES string of the molecule is CCNC(=NCC(C)c1cccc(C)c1)NCCC(=O)N1CCN(c2ccccn2)CC1.I. The van der Waals surface area contributed by atoms with Crippen LogP contribution in [0.2, 0.25) is 0 Å². The van der Waals surface area contributed by atoms with Crippen molar-refractivity contribution >= 4 is 41.7 Å². The van der Waals surface area contributed by atoms with Crippen molar-refractivity contribution in [2.75, 3.05) is 50.7 Å². The number of guanidine groups is 1. The molecule has 1 aliphatic heterocycles. The summed E-state index contributed by atoms with van der Waals surface area (Å²) in [7, 11) is 0. The number of piperazine rings is 1. The minimum absolute atomic E-state index is 0. The molecule has 0 radical (unpaired) electrons. The Hall–Kier alpha value is -2.36. The van der Waals surface area contributed by atoms with E-state index in [0.717, 1.165) is 44.5 Å². The normalized spacial score (nSPS) is 14.9. The molecule has 0 bridgehead atoms. The second-order valence-corrected chi connectivity index (χ2v) is 8.27. The molecule has 1 unspecified atom stereocenters. The van der Waals surface area contributed by atoms with Crippen LogP contribution in [0.4, 0.5) is 5.82 Å². The van der Waals surface area contributed by atoms with Gasteiger partial charge in [-0.3, -0.25) is 9.79 Å². The Labute approximate surface area is 215 Å². The number of nitrogens with zero attached hydrogens (tertiary/aromatic N) is 4. The highest BCUT2D eigenvalue weighted by Gasteiger charge is 2.21. The van der Waals surface area contributed by atoms with Crippen molar-refractivity contribution in [1.29, 1.82) is 0 Å². The molecule has 7 nitrogen and oxygen atoms in total. The van der Waals surface area contributed by atoms with Crippen LogP contribution in [0.1, 0.15) is 37.3 Å². The number of amides is 1. The van der Waals surface area contributed by atoms with Gasteiger partial charge in [-0.1, -0.05) is 42.8 Å². The third kappa shape index (κ3) is 8.49. The van der Waals surface area contributed by atoms with E-state index in [-0.39, 0.29) is 29.9 Å². The van der Waals surface area contributed by atoms with E-state index in [4.69, 9.17) is 4.99 Å². The molecule has 2 heterocycles. The largest absolute Gasteiger partial charge is 0.357 e. The van der Waals surface area contributed by atoms with Gasteiger partial charge < -0.3 is 20.4 Å². The molecule has 1 aliphatic rings. The fourth-order valence-corrected chi connectivity index (χ4v) is 3.82. The molecule has 180 valence electrons. The number of halogens is 1. The molecule has 1 saturated heterocycles. The van der Waals surface area contributed by atoms with E-state index in [1.54, 1.807) is 0 Å². The maximum atomic E-state index is 12.7. The van der Waals surface area contributed by atoms with Crippen LogP contribution < -0.4 is 15.5 Å². The van der Waals surface area contributed by atoms with Crippen molar-refractivity contribution < 1.29 is 4.79 Å². The van der Waals surface area contributed by atoms with E-state index in [1.807, 2.05) is 36.2 Å². The van der Waals surface area contributed by atoms with Crippen LogP contribution >= 0.6 is 24.0 Å². The third-order valence-electron chi connectivity index (χ3n) is 5.72. The first-order valence-electron chi connectivity index (χ1n) is 11.6. The molecule has 1 aromatic carbocycles. The van der Waals surface area contributed by atoms with Crippen molar-refractivity contribution in [2.45, 2.75) is 33.1 Å². The van der Waals surface area contributed by atoms with E-state index in [9.17, 15) is 4.79 Å².